The van der Waals surface area contributed by atoms with Crippen LogP contribution in [0.5, 0.6) is 11.5 Å². The number of para-hydroxylation sites is 1. The van der Waals surface area contributed by atoms with Gasteiger partial charge >= 0.3 is 0 Å². The minimum atomic E-state index is -0.454. The van der Waals surface area contributed by atoms with Crippen molar-refractivity contribution in [2.45, 2.75) is 18.3 Å². The molecule has 1 aromatic heterocycles. The van der Waals surface area contributed by atoms with Gasteiger partial charge in [-0.2, -0.15) is 0 Å². The first-order chi connectivity index (χ1) is 24.8. The van der Waals surface area contributed by atoms with Crippen molar-refractivity contribution in [1.82, 2.24) is 15.0 Å². The molecule has 4 nitrogen and oxygen atoms in total. The third-order valence-electron chi connectivity index (χ3n) is 9.77. The Morgan fingerprint density at radius 2 is 0.980 bits per heavy atom. The van der Waals surface area contributed by atoms with Crippen molar-refractivity contribution in [3.63, 3.8) is 0 Å². The SMILES string of the molecule is C1=CCCC(C2(c3ccccc3)c3ccccc3Oc3cc(-c4ccc(-c5nc(-c6ccccc6)nc(-c6ccccc6)n5)cc4)ccc32)=C1. The lowest BCUT2D eigenvalue weighted by molar-refractivity contribution is 0.430. The van der Waals surface area contributed by atoms with Crippen molar-refractivity contribution in [1.29, 1.82) is 0 Å². The number of rotatable bonds is 6. The summed E-state index contributed by atoms with van der Waals surface area (Å²) in [6.07, 6.45) is 8.77. The number of hydrogen-bond donors (Lipinski definition) is 0. The van der Waals surface area contributed by atoms with Crippen LogP contribution in [0.25, 0.3) is 45.3 Å². The summed E-state index contributed by atoms with van der Waals surface area (Å²) < 4.78 is 6.74. The Morgan fingerprint density at radius 1 is 0.460 bits per heavy atom. The number of aromatic nitrogens is 3. The first kappa shape index (κ1) is 29.7. The van der Waals surface area contributed by atoms with E-state index in [-0.39, 0.29) is 0 Å². The Balaban J connectivity index is 1.14. The summed E-state index contributed by atoms with van der Waals surface area (Å²) in [6.45, 7) is 0. The molecule has 1 aliphatic carbocycles. The van der Waals surface area contributed by atoms with E-state index in [9.17, 15) is 0 Å². The van der Waals surface area contributed by atoms with Crippen molar-refractivity contribution in [3.05, 3.63) is 198 Å². The molecule has 1 atom stereocenters. The second-order valence-electron chi connectivity index (χ2n) is 12.7. The lowest BCUT2D eigenvalue weighted by Crippen LogP contribution is -2.35. The lowest BCUT2D eigenvalue weighted by atomic mass is 9.61. The van der Waals surface area contributed by atoms with Crippen LogP contribution in [0, 0.1) is 0 Å². The average molecular weight is 644 g/mol. The number of ether oxygens (including phenoxy) is 1. The Bertz CT molecular complexity index is 2330. The molecule has 1 unspecified atom stereocenters. The molecule has 0 fully saturated rings. The third kappa shape index (κ3) is 5.13. The Morgan fingerprint density at radius 3 is 1.60 bits per heavy atom. The fourth-order valence-corrected chi connectivity index (χ4v) is 7.42. The van der Waals surface area contributed by atoms with Gasteiger partial charge in [-0.3, -0.25) is 0 Å². The zero-order chi connectivity index (χ0) is 33.3. The molecule has 6 aromatic carbocycles. The van der Waals surface area contributed by atoms with E-state index in [0.29, 0.717) is 17.5 Å². The molecule has 0 saturated carbocycles. The molecular formula is C46H33N3O. The summed E-state index contributed by atoms with van der Waals surface area (Å²) in [5.41, 5.74) is 9.51. The summed E-state index contributed by atoms with van der Waals surface area (Å²) in [6, 6.07) is 54.7. The van der Waals surface area contributed by atoms with Gasteiger partial charge in [-0.05, 0) is 41.7 Å². The van der Waals surface area contributed by atoms with Crippen LogP contribution in [0.2, 0.25) is 0 Å². The molecule has 50 heavy (non-hydrogen) atoms. The van der Waals surface area contributed by atoms with Crippen LogP contribution in [-0.2, 0) is 5.41 Å². The highest BCUT2D eigenvalue weighted by Gasteiger charge is 2.46. The third-order valence-corrected chi connectivity index (χ3v) is 9.77. The molecule has 0 N–H and O–H groups in total. The molecule has 0 radical (unpaired) electrons. The van der Waals surface area contributed by atoms with Crippen molar-refractivity contribution < 1.29 is 4.74 Å². The molecule has 1 aliphatic heterocycles. The topological polar surface area (TPSA) is 47.9 Å². The summed E-state index contributed by atoms with van der Waals surface area (Å²) in [5.74, 6) is 3.71. The smallest absolute Gasteiger partial charge is 0.164 e. The molecule has 7 aromatic rings. The zero-order valence-corrected chi connectivity index (χ0v) is 27.4. The van der Waals surface area contributed by atoms with Crippen LogP contribution >= 0.6 is 0 Å². The van der Waals surface area contributed by atoms with Crippen LogP contribution < -0.4 is 4.74 Å². The van der Waals surface area contributed by atoms with Crippen LogP contribution in [-0.4, -0.2) is 15.0 Å². The van der Waals surface area contributed by atoms with E-state index in [1.807, 2.05) is 60.7 Å². The predicted molar refractivity (Wildman–Crippen MR) is 201 cm³/mol. The van der Waals surface area contributed by atoms with E-state index in [1.54, 1.807) is 0 Å². The first-order valence-electron chi connectivity index (χ1n) is 17.1. The summed E-state index contributed by atoms with van der Waals surface area (Å²) >= 11 is 0. The van der Waals surface area contributed by atoms with E-state index in [0.717, 1.165) is 57.7 Å². The van der Waals surface area contributed by atoms with Crippen molar-refractivity contribution >= 4 is 0 Å². The minimum Gasteiger partial charge on any atom is -0.457 e. The van der Waals surface area contributed by atoms with Crippen molar-refractivity contribution in [3.8, 4) is 56.8 Å². The van der Waals surface area contributed by atoms with Gasteiger partial charge in [-0.25, -0.2) is 15.0 Å². The molecule has 4 heteroatoms. The number of nitrogens with zero attached hydrogens (tertiary/aromatic N) is 3. The first-order valence-corrected chi connectivity index (χ1v) is 17.1. The maximum absolute atomic E-state index is 6.74. The van der Waals surface area contributed by atoms with Crippen LogP contribution in [0.1, 0.15) is 29.5 Å². The largest absolute Gasteiger partial charge is 0.457 e. The number of allylic oxidation sites excluding steroid dienone is 4. The Kier molecular flexibility index (Phi) is 7.47. The molecular weight excluding hydrogens is 611 g/mol. The summed E-state index contributed by atoms with van der Waals surface area (Å²) in [5, 5.41) is 0. The maximum atomic E-state index is 6.74. The Labute approximate surface area is 292 Å². The normalized spacial score (nSPS) is 16.1. The molecule has 2 heterocycles. The molecule has 0 spiro atoms. The monoisotopic (exact) mass is 643 g/mol. The van der Waals surface area contributed by atoms with Crippen molar-refractivity contribution in [2.24, 2.45) is 0 Å². The van der Waals surface area contributed by atoms with Gasteiger partial charge in [-0.15, -0.1) is 0 Å². The number of benzene rings is 6. The van der Waals surface area contributed by atoms with Crippen molar-refractivity contribution in [2.75, 3.05) is 0 Å². The molecule has 238 valence electrons. The molecule has 0 amide bonds. The van der Waals surface area contributed by atoms with Gasteiger partial charge in [0.05, 0.1) is 5.41 Å². The zero-order valence-electron chi connectivity index (χ0n) is 27.4. The maximum Gasteiger partial charge on any atom is 0.164 e. The predicted octanol–water partition coefficient (Wildman–Crippen LogP) is 11.3. The van der Waals surface area contributed by atoms with E-state index in [2.05, 4.69) is 115 Å². The highest BCUT2D eigenvalue weighted by atomic mass is 16.5. The molecule has 0 bridgehead atoms. The van der Waals surface area contributed by atoms with Gasteiger partial charge in [0, 0.05) is 27.8 Å². The second kappa shape index (κ2) is 12.6. The van der Waals surface area contributed by atoms with Gasteiger partial charge < -0.3 is 4.74 Å². The second-order valence-corrected chi connectivity index (χ2v) is 12.7. The average Bonchev–Trinajstić information content (AvgIpc) is 3.21. The van der Waals surface area contributed by atoms with E-state index in [1.165, 1.54) is 16.7 Å². The highest BCUT2D eigenvalue weighted by Crippen LogP contribution is 2.57. The van der Waals surface area contributed by atoms with Gasteiger partial charge in [0.15, 0.2) is 17.5 Å². The van der Waals surface area contributed by atoms with Gasteiger partial charge in [0.2, 0.25) is 0 Å². The highest BCUT2D eigenvalue weighted by molar-refractivity contribution is 5.75. The summed E-state index contributed by atoms with van der Waals surface area (Å²) in [4.78, 5) is 14.7. The van der Waals surface area contributed by atoms with Gasteiger partial charge in [0.25, 0.3) is 0 Å². The molecule has 0 saturated heterocycles. The lowest BCUT2D eigenvalue weighted by Gasteiger charge is -2.43. The van der Waals surface area contributed by atoms with E-state index >= 15 is 0 Å². The number of fused-ring (bicyclic) bond motifs is 2. The van der Waals surface area contributed by atoms with Crippen LogP contribution in [0.4, 0.5) is 0 Å². The standard InChI is InChI=1S/C46H33N3O/c1-5-15-33(16-6-1)43-47-44(34-17-7-2-8-18-34)49-45(48-43)35-27-25-32(26-28-35)36-29-30-40-42(31-36)50-41-24-14-13-23-39(41)46(40,37-19-9-3-10-20-37)38-21-11-4-12-22-38/h1-11,13-21,23-31H,12,22H2. The fraction of sp³-hybridized carbons (Fsp3) is 0.0652. The van der Waals surface area contributed by atoms with Crippen LogP contribution in [0.15, 0.2) is 182 Å². The van der Waals surface area contributed by atoms with Gasteiger partial charge in [0.1, 0.15) is 11.5 Å². The van der Waals surface area contributed by atoms with Crippen LogP contribution in [0.3, 0.4) is 0 Å². The molecule has 2 aliphatic rings. The van der Waals surface area contributed by atoms with E-state index in [4.69, 9.17) is 19.7 Å². The minimum absolute atomic E-state index is 0.454. The fourth-order valence-electron chi connectivity index (χ4n) is 7.42. The Hall–Kier alpha value is -6.39. The number of hydrogen-bond acceptors (Lipinski definition) is 4. The summed E-state index contributed by atoms with van der Waals surface area (Å²) in [7, 11) is 0. The molecule has 9 rings (SSSR count). The quantitative estimate of drug-likeness (QED) is 0.181. The van der Waals surface area contributed by atoms with E-state index < -0.39 is 5.41 Å². The van der Waals surface area contributed by atoms with Gasteiger partial charge in [-0.1, -0.05) is 169 Å².